The molecule has 0 atom stereocenters. The highest BCUT2D eigenvalue weighted by Crippen LogP contribution is 2.46. The van der Waals surface area contributed by atoms with Gasteiger partial charge in [0.1, 0.15) is 11.6 Å². The van der Waals surface area contributed by atoms with Gasteiger partial charge in [0.15, 0.2) is 0 Å². The van der Waals surface area contributed by atoms with Gasteiger partial charge >= 0.3 is 0 Å². The number of alkyl halides is 2. The van der Waals surface area contributed by atoms with E-state index in [0.717, 1.165) is 24.7 Å². The molecule has 0 unspecified atom stereocenters. The average Bonchev–Trinajstić information content (AvgIpc) is 2.88. The standard InChI is InChI=1S/C32H40F4/c1-3-4-5-6-23-7-11-25(12-8-23)26-15-17-29(18-16-26)32(35,36)21-24-9-13-27(14-10-24)28-19-30(33)22(2)31(34)20-28/h3-4,9-10,13-14,19-20,23,25-26,29H,5-8,11-12,15-18,21H2,1-2H3/b4-3+. The lowest BCUT2D eigenvalue weighted by molar-refractivity contribution is -0.0777. The van der Waals surface area contributed by atoms with Crippen LogP contribution in [-0.2, 0) is 6.42 Å². The van der Waals surface area contributed by atoms with Crippen molar-refractivity contribution in [2.24, 2.45) is 23.7 Å². The maximum absolute atomic E-state index is 15.2. The van der Waals surface area contributed by atoms with E-state index < -0.39 is 23.5 Å². The summed E-state index contributed by atoms with van der Waals surface area (Å²) < 4.78 is 58.3. The smallest absolute Gasteiger partial charge is 0.207 e. The zero-order chi connectivity index (χ0) is 25.7. The zero-order valence-corrected chi connectivity index (χ0v) is 21.7. The Labute approximate surface area is 214 Å². The van der Waals surface area contributed by atoms with Crippen molar-refractivity contribution in [3.05, 3.63) is 71.3 Å². The van der Waals surface area contributed by atoms with E-state index in [-0.39, 0.29) is 12.0 Å². The molecule has 2 aliphatic carbocycles. The molecular formula is C32H40F4. The van der Waals surface area contributed by atoms with E-state index in [1.807, 2.05) is 0 Å². The molecule has 2 saturated carbocycles. The lowest BCUT2D eigenvalue weighted by Gasteiger charge is -2.39. The van der Waals surface area contributed by atoms with Crippen LogP contribution < -0.4 is 0 Å². The first-order chi connectivity index (χ1) is 17.3. The van der Waals surface area contributed by atoms with Gasteiger partial charge in [0, 0.05) is 17.9 Å². The molecule has 196 valence electrons. The summed E-state index contributed by atoms with van der Waals surface area (Å²) >= 11 is 0. The number of allylic oxidation sites excluding steroid dienone is 2. The van der Waals surface area contributed by atoms with Crippen molar-refractivity contribution in [3.63, 3.8) is 0 Å². The predicted molar refractivity (Wildman–Crippen MR) is 140 cm³/mol. The van der Waals surface area contributed by atoms with Gasteiger partial charge in [-0.3, -0.25) is 0 Å². The van der Waals surface area contributed by atoms with Crippen LogP contribution in [0.3, 0.4) is 0 Å². The molecule has 0 amide bonds. The second kappa shape index (κ2) is 12.0. The lowest BCUT2D eigenvalue weighted by Crippen LogP contribution is -2.35. The fourth-order valence-corrected chi connectivity index (χ4v) is 6.50. The van der Waals surface area contributed by atoms with Gasteiger partial charge in [0.05, 0.1) is 0 Å². The molecule has 0 heterocycles. The Morgan fingerprint density at radius 1 is 0.806 bits per heavy atom. The van der Waals surface area contributed by atoms with Crippen molar-refractivity contribution in [1.29, 1.82) is 0 Å². The van der Waals surface area contributed by atoms with E-state index in [4.69, 9.17) is 0 Å². The lowest BCUT2D eigenvalue weighted by atomic mass is 9.67. The number of halogens is 4. The molecule has 36 heavy (non-hydrogen) atoms. The van der Waals surface area contributed by atoms with Crippen molar-refractivity contribution in [1.82, 2.24) is 0 Å². The maximum atomic E-state index is 15.2. The van der Waals surface area contributed by atoms with Gasteiger partial charge < -0.3 is 0 Å². The quantitative estimate of drug-likeness (QED) is 0.250. The minimum atomic E-state index is -2.74. The summed E-state index contributed by atoms with van der Waals surface area (Å²) in [4.78, 5) is 0. The van der Waals surface area contributed by atoms with Gasteiger partial charge in [-0.1, -0.05) is 49.3 Å². The summed E-state index contributed by atoms with van der Waals surface area (Å²) in [7, 11) is 0. The van der Waals surface area contributed by atoms with Crippen molar-refractivity contribution in [2.75, 3.05) is 0 Å². The minimum absolute atomic E-state index is 0.0162. The summed E-state index contributed by atoms with van der Waals surface area (Å²) in [6, 6.07) is 9.27. The molecule has 0 saturated heterocycles. The molecular weight excluding hydrogens is 460 g/mol. The van der Waals surface area contributed by atoms with E-state index in [9.17, 15) is 8.78 Å². The molecule has 4 heteroatoms. The third kappa shape index (κ3) is 6.61. The van der Waals surface area contributed by atoms with Crippen LogP contribution in [0, 0.1) is 42.2 Å². The zero-order valence-electron chi connectivity index (χ0n) is 21.7. The third-order valence-corrected chi connectivity index (χ3v) is 8.91. The monoisotopic (exact) mass is 500 g/mol. The molecule has 0 N–H and O–H groups in total. The fraction of sp³-hybridized carbons (Fsp3) is 0.562. The Kier molecular flexibility index (Phi) is 8.96. The van der Waals surface area contributed by atoms with Gasteiger partial charge in [0.25, 0.3) is 5.92 Å². The Balaban J connectivity index is 1.27. The van der Waals surface area contributed by atoms with Crippen LogP contribution in [0.5, 0.6) is 0 Å². The fourth-order valence-electron chi connectivity index (χ4n) is 6.50. The number of rotatable bonds is 8. The molecule has 2 fully saturated rings. The van der Waals surface area contributed by atoms with E-state index in [1.54, 1.807) is 24.3 Å². The van der Waals surface area contributed by atoms with Crippen LogP contribution in [0.1, 0.15) is 82.3 Å². The first-order valence-electron chi connectivity index (χ1n) is 13.8. The highest BCUT2D eigenvalue weighted by atomic mass is 19.3. The van der Waals surface area contributed by atoms with Crippen LogP contribution in [-0.4, -0.2) is 5.92 Å². The van der Waals surface area contributed by atoms with Crippen LogP contribution in [0.15, 0.2) is 48.6 Å². The van der Waals surface area contributed by atoms with Crippen molar-refractivity contribution in [2.45, 2.75) is 90.4 Å². The van der Waals surface area contributed by atoms with Crippen molar-refractivity contribution >= 4 is 0 Å². The van der Waals surface area contributed by atoms with Gasteiger partial charge in [-0.2, -0.15) is 0 Å². The summed E-state index contributed by atoms with van der Waals surface area (Å²) in [5.41, 5.74) is 1.59. The first-order valence-corrected chi connectivity index (χ1v) is 13.8. The molecule has 0 bridgehead atoms. The van der Waals surface area contributed by atoms with Gasteiger partial charge in [-0.25, -0.2) is 17.6 Å². The third-order valence-electron chi connectivity index (χ3n) is 8.91. The van der Waals surface area contributed by atoms with Crippen molar-refractivity contribution < 1.29 is 17.6 Å². The molecule has 0 aromatic heterocycles. The van der Waals surface area contributed by atoms with Crippen molar-refractivity contribution in [3.8, 4) is 11.1 Å². The van der Waals surface area contributed by atoms with Crippen LogP contribution in [0.25, 0.3) is 11.1 Å². The minimum Gasteiger partial charge on any atom is -0.207 e. The second-order valence-electron chi connectivity index (χ2n) is 11.2. The second-order valence-corrected chi connectivity index (χ2v) is 11.2. The molecule has 0 aliphatic heterocycles. The molecule has 2 aromatic carbocycles. The average molecular weight is 501 g/mol. The maximum Gasteiger partial charge on any atom is 0.254 e. The molecule has 2 aliphatic rings. The Morgan fingerprint density at radius 2 is 1.36 bits per heavy atom. The number of benzene rings is 2. The van der Waals surface area contributed by atoms with Crippen LogP contribution in [0.2, 0.25) is 0 Å². The number of hydrogen-bond acceptors (Lipinski definition) is 0. The summed E-state index contributed by atoms with van der Waals surface area (Å²) in [5, 5.41) is 0. The van der Waals surface area contributed by atoms with Gasteiger partial charge in [-0.15, -0.1) is 0 Å². The normalized spacial score (nSPS) is 25.4. The Bertz CT molecular complexity index is 984. The molecule has 0 radical (unpaired) electrons. The first kappa shape index (κ1) is 26.9. The largest absolute Gasteiger partial charge is 0.254 e. The summed E-state index contributed by atoms with van der Waals surface area (Å²) in [5.74, 6) is -2.33. The van der Waals surface area contributed by atoms with Crippen LogP contribution >= 0.6 is 0 Å². The highest BCUT2D eigenvalue weighted by molar-refractivity contribution is 5.64. The van der Waals surface area contributed by atoms with E-state index in [0.29, 0.717) is 35.4 Å². The molecule has 4 rings (SSSR count). The summed E-state index contributed by atoms with van der Waals surface area (Å²) in [6.07, 6.45) is 14.8. The Morgan fingerprint density at radius 3 is 1.92 bits per heavy atom. The predicted octanol–water partition coefficient (Wildman–Crippen LogP) is 10.1. The highest BCUT2D eigenvalue weighted by Gasteiger charge is 2.42. The summed E-state index contributed by atoms with van der Waals surface area (Å²) in [6.45, 7) is 3.47. The molecule has 0 spiro atoms. The van der Waals surface area contributed by atoms with E-state index in [2.05, 4.69) is 19.1 Å². The Hall–Kier alpha value is -2.10. The SMILES string of the molecule is C/C=C/CCC1CCC(C2CCC(C(F)(F)Cc3ccc(-c4cc(F)c(C)c(F)c4)cc3)CC2)CC1. The van der Waals surface area contributed by atoms with Gasteiger partial charge in [0.2, 0.25) is 0 Å². The molecule has 2 aromatic rings. The number of hydrogen-bond donors (Lipinski definition) is 0. The van der Waals surface area contributed by atoms with E-state index in [1.165, 1.54) is 57.6 Å². The van der Waals surface area contributed by atoms with Crippen LogP contribution in [0.4, 0.5) is 17.6 Å². The topological polar surface area (TPSA) is 0 Å². The molecule has 0 nitrogen and oxygen atoms in total. The van der Waals surface area contributed by atoms with E-state index >= 15 is 8.78 Å². The van der Waals surface area contributed by atoms with Gasteiger partial charge in [-0.05, 0) is 112 Å².